The molecule has 1 amide bonds. The van der Waals surface area contributed by atoms with Gasteiger partial charge in [-0.1, -0.05) is 47.5 Å². The van der Waals surface area contributed by atoms with Crippen molar-refractivity contribution in [2.45, 2.75) is 32.7 Å². The second-order valence-corrected chi connectivity index (χ2v) is 19.7. The van der Waals surface area contributed by atoms with Crippen LogP contribution in [0.3, 0.4) is 0 Å². The zero-order chi connectivity index (χ0) is 41.8. The molecule has 300 valence electrons. The predicted octanol–water partition coefficient (Wildman–Crippen LogP) is 10.4. The zero-order valence-corrected chi connectivity index (χ0v) is 35.5. The monoisotopic (exact) mass is 900 g/mol. The Morgan fingerprint density at radius 3 is 1.98 bits per heavy atom. The van der Waals surface area contributed by atoms with Gasteiger partial charge in [-0.2, -0.15) is 0 Å². The Balaban J connectivity index is 0.000000198. The van der Waals surface area contributed by atoms with Crippen LogP contribution >= 0.6 is 62.1 Å². The molecule has 1 unspecified atom stereocenters. The van der Waals surface area contributed by atoms with Crippen molar-refractivity contribution in [2.24, 2.45) is 0 Å². The molecular formula is C40H34Cl5N6O6P. The highest BCUT2D eigenvalue weighted by Crippen LogP contribution is 2.61. The minimum atomic E-state index is -3.22. The van der Waals surface area contributed by atoms with Gasteiger partial charge in [0.15, 0.2) is 11.7 Å². The first kappa shape index (κ1) is 44.3. The van der Waals surface area contributed by atoms with Crippen LogP contribution in [0.5, 0.6) is 0 Å². The smallest absolute Gasteiger partial charge is 0.359 e. The van der Waals surface area contributed by atoms with Gasteiger partial charge in [0.2, 0.25) is 5.91 Å². The number of imidazole rings is 1. The first-order valence-corrected chi connectivity index (χ1v) is 22.7. The Morgan fingerprint density at radius 1 is 0.776 bits per heavy atom. The number of aromatic nitrogens is 5. The summed E-state index contributed by atoms with van der Waals surface area (Å²) in [4.78, 5) is 54.2. The molecule has 0 aliphatic rings. The molecule has 0 bridgehead atoms. The number of nitrogens with one attached hydrogen (secondary N) is 1. The molecule has 7 aromatic rings. The number of fused-ring (bicyclic) bond motifs is 3. The number of halogens is 5. The summed E-state index contributed by atoms with van der Waals surface area (Å²) in [6.07, 6.45) is 7.36. The molecule has 7 rings (SSSR count). The van der Waals surface area contributed by atoms with Gasteiger partial charge in [-0.25, -0.2) is 14.6 Å². The number of carbonyl (C=O) groups excluding carboxylic acids is 3. The molecule has 2 aromatic carbocycles. The fraction of sp³-hybridized carbons (Fsp3) is 0.175. The number of pyridine rings is 4. The second-order valence-electron chi connectivity index (χ2n) is 12.2. The Bertz CT molecular complexity index is 2600. The Labute approximate surface area is 357 Å². The van der Waals surface area contributed by atoms with Gasteiger partial charge in [-0.3, -0.25) is 24.3 Å². The third-order valence-electron chi connectivity index (χ3n) is 8.05. The van der Waals surface area contributed by atoms with Gasteiger partial charge in [0.05, 0.1) is 51.9 Å². The van der Waals surface area contributed by atoms with Crippen molar-refractivity contribution in [3.05, 3.63) is 148 Å². The summed E-state index contributed by atoms with van der Waals surface area (Å²) in [5, 5.41) is 2.44. The van der Waals surface area contributed by atoms with E-state index in [1.165, 1.54) is 0 Å². The first-order valence-electron chi connectivity index (χ1n) is 17.5. The average molecular weight is 903 g/mol. The van der Waals surface area contributed by atoms with Gasteiger partial charge in [0.25, 0.3) is 0 Å². The van der Waals surface area contributed by atoms with Gasteiger partial charge in [-0.05, 0) is 119 Å². The Kier molecular flexibility index (Phi) is 15.8. The number of ether oxygens (including phenoxy) is 2. The number of carbonyl (C=O) groups is 3. The van der Waals surface area contributed by atoms with E-state index < -0.39 is 23.2 Å². The first-order chi connectivity index (χ1) is 27.7. The van der Waals surface area contributed by atoms with Gasteiger partial charge in [0, 0.05) is 42.0 Å². The maximum atomic E-state index is 12.5. The molecule has 0 fully saturated rings. The van der Waals surface area contributed by atoms with E-state index in [0.29, 0.717) is 34.5 Å². The summed E-state index contributed by atoms with van der Waals surface area (Å²) >= 11 is 25.9. The Morgan fingerprint density at radius 2 is 1.38 bits per heavy atom. The van der Waals surface area contributed by atoms with Crippen molar-refractivity contribution < 1.29 is 28.4 Å². The van der Waals surface area contributed by atoms with E-state index in [2.05, 4.69) is 59.0 Å². The van der Waals surface area contributed by atoms with Crippen LogP contribution in [0.2, 0.25) is 10.0 Å². The largest absolute Gasteiger partial charge is 0.464 e. The number of hydrogen-bond donors (Lipinski definition) is 1. The third-order valence-corrected chi connectivity index (χ3v) is 8.47. The lowest BCUT2D eigenvalue weighted by Gasteiger charge is -2.17. The standard InChI is InChI=1S/C20H18ClN3O3.C20H16ClN3O2.Cl3OP/c1-2-27-20(26)19(17-5-3-4-8-22-17)24-18(25)10-13-6-7-16-14(9-13)11-15(21)12-23-16;1-2-26-20(25)19-17-5-3-4-8-24(17)18(23-19)10-13-6-7-16-14(9-13)11-15(21)12-22-16;1-5(2,3)4/h3-9,11-12,19H,2,10H2,1H3,(H,24,25);3-9,11-12H,2,10H2,1H3;. The van der Waals surface area contributed by atoms with E-state index >= 15 is 0 Å². The summed E-state index contributed by atoms with van der Waals surface area (Å²) in [5.41, 5.74) is 5.04. The van der Waals surface area contributed by atoms with Crippen LogP contribution in [0.25, 0.3) is 27.3 Å². The lowest BCUT2D eigenvalue weighted by Crippen LogP contribution is -2.36. The van der Waals surface area contributed by atoms with E-state index in [9.17, 15) is 18.9 Å². The van der Waals surface area contributed by atoms with Gasteiger partial charge < -0.3 is 19.2 Å². The van der Waals surface area contributed by atoms with Crippen LogP contribution in [0.15, 0.2) is 110 Å². The fourth-order valence-corrected chi connectivity index (χ4v) is 6.04. The summed E-state index contributed by atoms with van der Waals surface area (Å²) < 4.78 is 21.6. The molecule has 0 spiro atoms. The van der Waals surface area contributed by atoms with Crippen molar-refractivity contribution >= 4 is 107 Å². The summed E-state index contributed by atoms with van der Waals surface area (Å²) in [6.45, 7) is 4.03. The number of nitrogens with zero attached hydrogens (tertiary/aromatic N) is 5. The van der Waals surface area contributed by atoms with Gasteiger partial charge >= 0.3 is 17.1 Å². The topological polar surface area (TPSA) is 155 Å². The Hall–Kier alpha value is -4.81. The molecule has 0 aliphatic carbocycles. The molecular weight excluding hydrogens is 869 g/mol. The normalized spacial score (nSPS) is 11.5. The highest BCUT2D eigenvalue weighted by Gasteiger charge is 2.25. The number of rotatable bonds is 10. The summed E-state index contributed by atoms with van der Waals surface area (Å²) in [5.74, 6) is -0.484. The number of hydrogen-bond acceptors (Lipinski definition) is 10. The summed E-state index contributed by atoms with van der Waals surface area (Å²) in [7, 11) is 0. The van der Waals surface area contributed by atoms with Crippen molar-refractivity contribution in [3.8, 4) is 0 Å². The van der Waals surface area contributed by atoms with E-state index in [1.54, 1.807) is 56.7 Å². The quantitative estimate of drug-likeness (QED) is 0.104. The van der Waals surface area contributed by atoms with Crippen molar-refractivity contribution in [1.82, 2.24) is 29.7 Å². The van der Waals surface area contributed by atoms with E-state index in [1.807, 2.05) is 71.3 Å². The number of amides is 1. The third kappa shape index (κ3) is 12.8. The van der Waals surface area contributed by atoms with E-state index in [0.717, 1.165) is 44.3 Å². The molecule has 5 aromatic heterocycles. The highest BCUT2D eigenvalue weighted by molar-refractivity contribution is 8.24. The minimum absolute atomic E-state index is 0.102. The van der Waals surface area contributed by atoms with Crippen molar-refractivity contribution in [1.29, 1.82) is 0 Å². The number of esters is 2. The van der Waals surface area contributed by atoms with Crippen LogP contribution in [0, 0.1) is 0 Å². The molecule has 0 aliphatic heterocycles. The molecule has 12 nitrogen and oxygen atoms in total. The fourth-order valence-electron chi connectivity index (χ4n) is 5.71. The lowest BCUT2D eigenvalue weighted by molar-refractivity contribution is -0.147. The van der Waals surface area contributed by atoms with Crippen LogP contribution in [-0.2, 0) is 36.5 Å². The van der Waals surface area contributed by atoms with Crippen LogP contribution in [0.1, 0.15) is 53.0 Å². The van der Waals surface area contributed by atoms with Gasteiger partial charge in [-0.15, -0.1) is 0 Å². The van der Waals surface area contributed by atoms with E-state index in [-0.39, 0.29) is 18.9 Å². The molecule has 1 atom stereocenters. The molecule has 0 radical (unpaired) electrons. The molecule has 58 heavy (non-hydrogen) atoms. The van der Waals surface area contributed by atoms with Gasteiger partial charge in [0.1, 0.15) is 5.82 Å². The number of benzene rings is 2. The predicted molar refractivity (Wildman–Crippen MR) is 228 cm³/mol. The molecule has 0 saturated heterocycles. The SMILES string of the molecule is CCOC(=O)C(NC(=O)Cc1ccc2ncc(Cl)cc2c1)c1ccccn1.CCOC(=O)c1nc(Cc2ccc3ncc(Cl)cc3c2)n2ccccc12.O=P(Cl)(Cl)Cl. The van der Waals surface area contributed by atoms with E-state index in [4.69, 9.17) is 32.7 Å². The van der Waals surface area contributed by atoms with Crippen LogP contribution < -0.4 is 5.32 Å². The maximum Gasteiger partial charge on any atom is 0.359 e. The summed E-state index contributed by atoms with van der Waals surface area (Å²) in [6, 6.07) is 25.1. The second kappa shape index (κ2) is 20.7. The molecule has 18 heteroatoms. The minimum Gasteiger partial charge on any atom is -0.464 e. The molecule has 0 saturated carbocycles. The zero-order valence-electron chi connectivity index (χ0n) is 30.8. The van der Waals surface area contributed by atoms with Crippen molar-refractivity contribution in [2.75, 3.05) is 13.2 Å². The average Bonchev–Trinajstić information content (AvgIpc) is 3.55. The highest BCUT2D eigenvalue weighted by atomic mass is 36.0. The maximum absolute atomic E-state index is 12.5. The van der Waals surface area contributed by atoms with Crippen LogP contribution in [0.4, 0.5) is 0 Å². The molecule has 1 N–H and O–H groups in total. The molecule has 5 heterocycles. The van der Waals surface area contributed by atoms with Crippen molar-refractivity contribution in [3.63, 3.8) is 0 Å². The lowest BCUT2D eigenvalue weighted by atomic mass is 10.1. The van der Waals surface area contributed by atoms with Crippen LogP contribution in [-0.4, -0.2) is 55.4 Å².